The van der Waals surface area contributed by atoms with Crippen LogP contribution in [0.5, 0.6) is 5.75 Å². The van der Waals surface area contributed by atoms with E-state index in [1.165, 1.54) is 24.4 Å². The van der Waals surface area contributed by atoms with Crippen LogP contribution in [-0.4, -0.2) is 20.6 Å². The molecule has 2 aromatic rings. The van der Waals surface area contributed by atoms with E-state index in [0.717, 1.165) is 11.5 Å². The van der Waals surface area contributed by atoms with Gasteiger partial charge in [0, 0.05) is 17.1 Å². The number of anilines is 2. The molecule has 0 saturated heterocycles. The van der Waals surface area contributed by atoms with Crippen LogP contribution in [0.25, 0.3) is 0 Å². The summed E-state index contributed by atoms with van der Waals surface area (Å²) in [5.74, 6) is -0.462. The first-order chi connectivity index (χ1) is 7.66. The van der Waals surface area contributed by atoms with Crippen molar-refractivity contribution in [1.29, 1.82) is 0 Å². The summed E-state index contributed by atoms with van der Waals surface area (Å²) in [6.45, 7) is 0. The molecule has 16 heavy (non-hydrogen) atoms. The normalized spacial score (nSPS) is 10.0. The Morgan fingerprint density at radius 2 is 2.31 bits per heavy atom. The van der Waals surface area contributed by atoms with E-state index < -0.39 is 0 Å². The predicted molar refractivity (Wildman–Crippen MR) is 60.4 cm³/mol. The summed E-state index contributed by atoms with van der Waals surface area (Å²) in [7, 11) is 0. The van der Waals surface area contributed by atoms with E-state index in [4.69, 9.17) is 5.73 Å². The first kappa shape index (κ1) is 10.4. The fourth-order valence-corrected chi connectivity index (χ4v) is 1.51. The van der Waals surface area contributed by atoms with Gasteiger partial charge in [0.2, 0.25) is 0 Å². The summed E-state index contributed by atoms with van der Waals surface area (Å²) < 4.78 is 3.61. The molecule has 0 unspecified atom stereocenters. The number of benzene rings is 1. The van der Waals surface area contributed by atoms with Crippen LogP contribution in [0.4, 0.5) is 10.7 Å². The smallest absolute Gasteiger partial charge is 0.256 e. The maximum absolute atomic E-state index is 11.7. The van der Waals surface area contributed by atoms with Gasteiger partial charge < -0.3 is 16.2 Å². The maximum atomic E-state index is 11.7. The Kier molecular flexibility index (Phi) is 2.69. The van der Waals surface area contributed by atoms with Crippen LogP contribution in [0.1, 0.15) is 10.4 Å². The third-order valence-electron chi connectivity index (χ3n) is 1.89. The van der Waals surface area contributed by atoms with Crippen molar-refractivity contribution in [2.24, 2.45) is 0 Å². The summed E-state index contributed by atoms with van der Waals surface area (Å²) in [6, 6.07) is 4.30. The van der Waals surface area contributed by atoms with Gasteiger partial charge in [-0.25, -0.2) is 0 Å². The van der Waals surface area contributed by atoms with Crippen molar-refractivity contribution in [2.45, 2.75) is 0 Å². The van der Waals surface area contributed by atoms with Crippen LogP contribution in [0, 0.1) is 0 Å². The molecule has 1 aromatic heterocycles. The fraction of sp³-hybridized carbons (Fsp3) is 0. The number of aromatic nitrogens is 2. The molecule has 1 heterocycles. The minimum atomic E-state index is -0.346. The minimum absolute atomic E-state index is 0.116. The largest absolute Gasteiger partial charge is 0.506 e. The minimum Gasteiger partial charge on any atom is -0.506 e. The third kappa shape index (κ3) is 2.09. The molecule has 0 atom stereocenters. The molecule has 0 aliphatic rings. The second-order valence-corrected chi connectivity index (χ2v) is 3.80. The van der Waals surface area contributed by atoms with Gasteiger partial charge in [-0.2, -0.15) is 0 Å². The molecule has 0 aliphatic heterocycles. The van der Waals surface area contributed by atoms with Crippen LogP contribution in [0.3, 0.4) is 0 Å². The van der Waals surface area contributed by atoms with Gasteiger partial charge in [-0.05, 0) is 18.2 Å². The van der Waals surface area contributed by atoms with E-state index in [-0.39, 0.29) is 17.3 Å². The molecule has 2 rings (SSSR count). The second-order valence-electron chi connectivity index (χ2n) is 3.01. The molecule has 82 valence electrons. The Labute approximate surface area is 94.9 Å². The number of hydrogen-bond acceptors (Lipinski definition) is 6. The SMILES string of the molecule is Nc1ccc(C(=O)Nc2cnns2)cc1O. The van der Waals surface area contributed by atoms with Crippen molar-refractivity contribution in [1.82, 2.24) is 9.59 Å². The second kappa shape index (κ2) is 4.15. The highest BCUT2D eigenvalue weighted by Gasteiger charge is 2.09. The number of nitrogen functional groups attached to an aromatic ring is 1. The van der Waals surface area contributed by atoms with Crippen molar-refractivity contribution in [3.8, 4) is 5.75 Å². The highest BCUT2D eigenvalue weighted by Crippen LogP contribution is 2.21. The van der Waals surface area contributed by atoms with Gasteiger partial charge >= 0.3 is 0 Å². The average molecular weight is 236 g/mol. The Hall–Kier alpha value is -2.15. The molecular formula is C9H8N4O2S. The zero-order chi connectivity index (χ0) is 11.5. The highest BCUT2D eigenvalue weighted by molar-refractivity contribution is 7.10. The Morgan fingerprint density at radius 1 is 1.50 bits per heavy atom. The fourth-order valence-electron chi connectivity index (χ4n) is 1.09. The number of nitrogens with one attached hydrogen (secondary N) is 1. The molecule has 0 aliphatic carbocycles. The van der Waals surface area contributed by atoms with E-state index in [9.17, 15) is 9.90 Å². The number of phenolic OH excluding ortho intramolecular Hbond substituents is 1. The molecular weight excluding hydrogens is 228 g/mol. The number of aromatic hydroxyl groups is 1. The van der Waals surface area contributed by atoms with Gasteiger partial charge in [0.15, 0.2) is 0 Å². The molecule has 4 N–H and O–H groups in total. The monoisotopic (exact) mass is 236 g/mol. The lowest BCUT2D eigenvalue weighted by molar-refractivity contribution is 0.102. The van der Waals surface area contributed by atoms with Gasteiger partial charge in [-0.3, -0.25) is 4.79 Å². The van der Waals surface area contributed by atoms with Crippen molar-refractivity contribution < 1.29 is 9.90 Å². The van der Waals surface area contributed by atoms with Crippen LogP contribution >= 0.6 is 11.5 Å². The number of carbonyl (C=O) groups excluding carboxylic acids is 1. The Morgan fingerprint density at radius 3 is 2.94 bits per heavy atom. The van der Waals surface area contributed by atoms with Gasteiger partial charge in [0.25, 0.3) is 5.91 Å². The number of carbonyl (C=O) groups is 1. The van der Waals surface area contributed by atoms with Crippen molar-refractivity contribution in [3.63, 3.8) is 0 Å². The number of hydrogen-bond donors (Lipinski definition) is 3. The van der Waals surface area contributed by atoms with Gasteiger partial charge in [-0.1, -0.05) is 4.49 Å². The summed E-state index contributed by atoms with van der Waals surface area (Å²) in [4.78, 5) is 11.7. The molecule has 7 heteroatoms. The summed E-state index contributed by atoms with van der Waals surface area (Å²) >= 11 is 1.07. The van der Waals surface area contributed by atoms with Crippen LogP contribution in [-0.2, 0) is 0 Å². The zero-order valence-corrected chi connectivity index (χ0v) is 8.86. The van der Waals surface area contributed by atoms with Crippen molar-refractivity contribution in [2.75, 3.05) is 11.1 Å². The summed E-state index contributed by atoms with van der Waals surface area (Å²) in [6.07, 6.45) is 1.44. The predicted octanol–water partition coefficient (Wildman–Crippen LogP) is 1.08. The molecule has 1 aromatic carbocycles. The number of rotatable bonds is 2. The van der Waals surface area contributed by atoms with Crippen molar-refractivity contribution in [3.05, 3.63) is 30.0 Å². The zero-order valence-electron chi connectivity index (χ0n) is 8.04. The van der Waals surface area contributed by atoms with Crippen molar-refractivity contribution >= 4 is 28.1 Å². The Bertz CT molecular complexity index is 512. The highest BCUT2D eigenvalue weighted by atomic mass is 32.1. The first-order valence-corrected chi connectivity index (χ1v) is 5.11. The van der Waals surface area contributed by atoms with E-state index in [2.05, 4.69) is 14.9 Å². The molecule has 0 radical (unpaired) electrons. The number of phenols is 1. The Balaban J connectivity index is 2.18. The van der Waals surface area contributed by atoms with Crippen LogP contribution < -0.4 is 11.1 Å². The number of nitrogens with two attached hydrogens (primary N) is 1. The van der Waals surface area contributed by atoms with Gasteiger partial charge in [0.05, 0.1) is 11.9 Å². The quantitative estimate of drug-likeness (QED) is 0.535. The standard InChI is InChI=1S/C9H8N4O2S/c10-6-2-1-5(3-7(6)14)9(15)12-8-4-11-13-16-8/h1-4,14H,10H2,(H,12,15). The molecule has 1 amide bonds. The average Bonchev–Trinajstić information content (AvgIpc) is 2.74. The first-order valence-electron chi connectivity index (χ1n) is 4.34. The number of amides is 1. The topological polar surface area (TPSA) is 101 Å². The molecule has 6 nitrogen and oxygen atoms in total. The third-order valence-corrected chi connectivity index (χ3v) is 2.47. The lowest BCUT2D eigenvalue weighted by Crippen LogP contribution is -2.10. The molecule has 0 saturated carbocycles. The lowest BCUT2D eigenvalue weighted by Gasteiger charge is -2.03. The molecule has 0 fully saturated rings. The van der Waals surface area contributed by atoms with E-state index in [1.54, 1.807) is 0 Å². The van der Waals surface area contributed by atoms with Crippen LogP contribution in [0.2, 0.25) is 0 Å². The van der Waals surface area contributed by atoms with E-state index in [1.807, 2.05) is 0 Å². The lowest BCUT2D eigenvalue weighted by atomic mass is 10.2. The number of nitrogens with zero attached hydrogens (tertiary/aromatic N) is 2. The van der Waals surface area contributed by atoms with Gasteiger partial charge in [-0.15, -0.1) is 5.10 Å². The maximum Gasteiger partial charge on any atom is 0.256 e. The van der Waals surface area contributed by atoms with Gasteiger partial charge in [0.1, 0.15) is 10.8 Å². The summed E-state index contributed by atoms with van der Waals surface area (Å²) in [5, 5.41) is 16.1. The van der Waals surface area contributed by atoms with E-state index in [0.29, 0.717) is 10.6 Å². The van der Waals surface area contributed by atoms with Crippen LogP contribution in [0.15, 0.2) is 24.4 Å². The molecule has 0 bridgehead atoms. The van der Waals surface area contributed by atoms with E-state index >= 15 is 0 Å². The summed E-state index contributed by atoms with van der Waals surface area (Å²) in [5.41, 5.74) is 5.98. The molecule has 0 spiro atoms.